The van der Waals surface area contributed by atoms with Gasteiger partial charge in [-0.15, -0.1) is 0 Å². The van der Waals surface area contributed by atoms with E-state index < -0.39 is 0 Å². The smallest absolute Gasteiger partial charge is 0.263 e. The molecule has 1 aromatic heterocycles. The number of hydrogen-bond donors (Lipinski definition) is 1. The van der Waals surface area contributed by atoms with Crippen LogP contribution in [0.4, 0.5) is 0 Å². The SMILES string of the molecule is Cn1cccc(C(=O)N2CC(N)C2)c1=O. The van der Waals surface area contributed by atoms with Gasteiger partial charge in [0.1, 0.15) is 5.56 Å². The molecule has 0 saturated carbocycles. The van der Waals surface area contributed by atoms with E-state index in [-0.39, 0.29) is 23.1 Å². The molecule has 1 aliphatic heterocycles. The molecule has 1 amide bonds. The quantitative estimate of drug-likeness (QED) is 0.653. The lowest BCUT2D eigenvalue weighted by molar-refractivity contribution is 0.0605. The molecule has 5 heteroatoms. The minimum absolute atomic E-state index is 0.0570. The van der Waals surface area contributed by atoms with Crippen molar-refractivity contribution in [1.82, 2.24) is 9.47 Å². The van der Waals surface area contributed by atoms with Gasteiger partial charge in [-0.05, 0) is 12.1 Å². The second-order valence-electron chi connectivity index (χ2n) is 3.81. The van der Waals surface area contributed by atoms with Crippen LogP contribution in [-0.4, -0.2) is 34.5 Å². The first-order valence-corrected chi connectivity index (χ1v) is 4.80. The predicted molar refractivity (Wildman–Crippen MR) is 55.6 cm³/mol. The summed E-state index contributed by atoms with van der Waals surface area (Å²) < 4.78 is 1.40. The summed E-state index contributed by atoms with van der Waals surface area (Å²) in [6.45, 7) is 1.08. The van der Waals surface area contributed by atoms with Gasteiger partial charge in [-0.25, -0.2) is 0 Å². The van der Waals surface area contributed by atoms with Crippen LogP contribution in [0.25, 0.3) is 0 Å². The third-order valence-corrected chi connectivity index (χ3v) is 2.55. The highest BCUT2D eigenvalue weighted by Gasteiger charge is 2.29. The van der Waals surface area contributed by atoms with Crippen LogP contribution in [-0.2, 0) is 7.05 Å². The van der Waals surface area contributed by atoms with Crippen LogP contribution in [0.15, 0.2) is 23.1 Å². The lowest BCUT2D eigenvalue weighted by Gasteiger charge is -2.36. The summed E-state index contributed by atoms with van der Waals surface area (Å²) >= 11 is 0. The first-order valence-electron chi connectivity index (χ1n) is 4.80. The minimum Gasteiger partial charge on any atom is -0.335 e. The van der Waals surface area contributed by atoms with Crippen molar-refractivity contribution in [1.29, 1.82) is 0 Å². The Balaban J connectivity index is 2.27. The maximum Gasteiger partial charge on any atom is 0.263 e. The number of nitrogens with zero attached hydrogens (tertiary/aromatic N) is 2. The van der Waals surface area contributed by atoms with Crippen LogP contribution in [0.5, 0.6) is 0 Å². The van der Waals surface area contributed by atoms with Gasteiger partial charge < -0.3 is 15.2 Å². The normalized spacial score (nSPS) is 16.3. The standard InChI is InChI=1S/C10H13N3O2/c1-12-4-2-3-8(9(12)14)10(15)13-5-7(11)6-13/h2-4,7H,5-6,11H2,1H3. The van der Waals surface area contributed by atoms with Gasteiger partial charge in [0.2, 0.25) is 0 Å². The molecular weight excluding hydrogens is 194 g/mol. The largest absolute Gasteiger partial charge is 0.335 e. The number of aryl methyl sites for hydroxylation is 1. The van der Waals surface area contributed by atoms with Crippen LogP contribution in [0.3, 0.4) is 0 Å². The predicted octanol–water partition coefficient (Wildman–Crippen LogP) is -0.832. The topological polar surface area (TPSA) is 68.3 Å². The van der Waals surface area contributed by atoms with Crippen molar-refractivity contribution in [2.45, 2.75) is 6.04 Å². The van der Waals surface area contributed by atoms with Gasteiger partial charge in [-0.2, -0.15) is 0 Å². The van der Waals surface area contributed by atoms with Crippen molar-refractivity contribution in [3.8, 4) is 0 Å². The Bertz CT molecular complexity index is 446. The van der Waals surface area contributed by atoms with E-state index in [1.165, 1.54) is 4.57 Å². The Morgan fingerprint density at radius 1 is 1.53 bits per heavy atom. The number of carbonyl (C=O) groups excluding carboxylic acids is 1. The van der Waals surface area contributed by atoms with Crippen molar-refractivity contribution in [2.24, 2.45) is 12.8 Å². The van der Waals surface area contributed by atoms with Crippen LogP contribution in [0, 0.1) is 0 Å². The van der Waals surface area contributed by atoms with Crippen LogP contribution < -0.4 is 11.3 Å². The van der Waals surface area contributed by atoms with Gasteiger partial charge in [-0.3, -0.25) is 9.59 Å². The molecule has 5 nitrogen and oxygen atoms in total. The molecule has 2 heterocycles. The number of carbonyl (C=O) groups is 1. The molecule has 0 atom stereocenters. The highest BCUT2D eigenvalue weighted by atomic mass is 16.2. The molecule has 1 aliphatic rings. The first-order chi connectivity index (χ1) is 7.09. The molecule has 1 fully saturated rings. The molecule has 2 rings (SSSR count). The Labute approximate surface area is 87.1 Å². The summed E-state index contributed by atoms with van der Waals surface area (Å²) in [5.74, 6) is -0.224. The Morgan fingerprint density at radius 2 is 2.20 bits per heavy atom. The Morgan fingerprint density at radius 3 is 2.80 bits per heavy atom. The van der Waals surface area contributed by atoms with Gasteiger partial charge in [0.15, 0.2) is 0 Å². The number of nitrogens with two attached hydrogens (primary N) is 1. The van der Waals surface area contributed by atoms with Crippen molar-refractivity contribution >= 4 is 5.91 Å². The Hall–Kier alpha value is -1.62. The first kappa shape index (κ1) is 9.92. The molecule has 1 aromatic rings. The highest BCUT2D eigenvalue weighted by Crippen LogP contribution is 2.09. The summed E-state index contributed by atoms with van der Waals surface area (Å²) in [5.41, 5.74) is 5.53. The van der Waals surface area contributed by atoms with Gasteiger partial charge in [0, 0.05) is 32.4 Å². The van der Waals surface area contributed by atoms with Gasteiger partial charge in [0.05, 0.1) is 0 Å². The van der Waals surface area contributed by atoms with Crippen molar-refractivity contribution in [3.63, 3.8) is 0 Å². The number of pyridine rings is 1. The number of hydrogen-bond acceptors (Lipinski definition) is 3. The molecule has 0 bridgehead atoms. The van der Waals surface area contributed by atoms with Crippen molar-refractivity contribution in [2.75, 3.05) is 13.1 Å². The van der Waals surface area contributed by atoms with Gasteiger partial charge in [0.25, 0.3) is 11.5 Å². The number of rotatable bonds is 1. The summed E-state index contributed by atoms with van der Waals surface area (Å²) in [5, 5.41) is 0. The fourth-order valence-corrected chi connectivity index (χ4v) is 1.61. The third kappa shape index (κ3) is 1.66. The number of amides is 1. The van der Waals surface area contributed by atoms with E-state index >= 15 is 0 Å². The molecule has 15 heavy (non-hydrogen) atoms. The van der Waals surface area contributed by atoms with Crippen LogP contribution in [0.2, 0.25) is 0 Å². The highest BCUT2D eigenvalue weighted by molar-refractivity contribution is 5.94. The average molecular weight is 207 g/mol. The lowest BCUT2D eigenvalue weighted by atomic mass is 10.1. The molecule has 0 aromatic carbocycles. The van der Waals surface area contributed by atoms with Gasteiger partial charge >= 0.3 is 0 Å². The molecule has 80 valence electrons. The van der Waals surface area contributed by atoms with E-state index in [4.69, 9.17) is 5.73 Å². The minimum atomic E-state index is -0.261. The number of aromatic nitrogens is 1. The van der Waals surface area contributed by atoms with E-state index in [2.05, 4.69) is 0 Å². The second-order valence-corrected chi connectivity index (χ2v) is 3.81. The molecule has 0 spiro atoms. The zero-order valence-corrected chi connectivity index (χ0v) is 8.51. The van der Waals surface area contributed by atoms with Crippen molar-refractivity contribution in [3.05, 3.63) is 34.2 Å². The van der Waals surface area contributed by atoms with Crippen LogP contribution >= 0.6 is 0 Å². The van der Waals surface area contributed by atoms with E-state index in [1.54, 1.807) is 30.3 Å². The monoisotopic (exact) mass is 207 g/mol. The molecule has 0 aliphatic carbocycles. The zero-order valence-electron chi connectivity index (χ0n) is 8.51. The summed E-state index contributed by atoms with van der Waals surface area (Å²) in [4.78, 5) is 25.0. The molecule has 0 unspecified atom stereocenters. The summed E-state index contributed by atoms with van der Waals surface area (Å²) in [6, 6.07) is 3.30. The summed E-state index contributed by atoms with van der Waals surface area (Å²) in [7, 11) is 1.63. The lowest BCUT2D eigenvalue weighted by Crippen LogP contribution is -2.58. The molecular formula is C10H13N3O2. The third-order valence-electron chi connectivity index (χ3n) is 2.55. The van der Waals surface area contributed by atoms with Crippen molar-refractivity contribution < 1.29 is 4.79 Å². The van der Waals surface area contributed by atoms with Crippen LogP contribution in [0.1, 0.15) is 10.4 Å². The van der Waals surface area contributed by atoms with E-state index in [0.717, 1.165) is 0 Å². The van der Waals surface area contributed by atoms with E-state index in [1.807, 2.05) is 0 Å². The number of likely N-dealkylation sites (tertiary alicyclic amines) is 1. The maximum absolute atomic E-state index is 11.8. The van der Waals surface area contributed by atoms with Gasteiger partial charge in [-0.1, -0.05) is 0 Å². The summed E-state index contributed by atoms with van der Waals surface area (Å²) in [6.07, 6.45) is 1.63. The molecule has 0 radical (unpaired) electrons. The fraction of sp³-hybridized carbons (Fsp3) is 0.400. The van der Waals surface area contributed by atoms with E-state index in [9.17, 15) is 9.59 Å². The fourth-order valence-electron chi connectivity index (χ4n) is 1.61. The maximum atomic E-state index is 11.8. The Kier molecular flexibility index (Phi) is 2.32. The zero-order chi connectivity index (χ0) is 11.0. The average Bonchev–Trinajstić information content (AvgIpc) is 2.16. The molecule has 2 N–H and O–H groups in total. The van der Waals surface area contributed by atoms with E-state index in [0.29, 0.717) is 13.1 Å². The molecule has 1 saturated heterocycles. The second kappa shape index (κ2) is 3.51.